The minimum Gasteiger partial charge on any atom is -0.435 e. The second-order valence-electron chi connectivity index (χ2n) is 1.84. The van der Waals surface area contributed by atoms with Crippen molar-refractivity contribution in [3.63, 3.8) is 0 Å². The van der Waals surface area contributed by atoms with Crippen LogP contribution < -0.4 is 0 Å². The van der Waals surface area contributed by atoms with Crippen molar-refractivity contribution in [1.82, 2.24) is 0 Å². The van der Waals surface area contributed by atoms with E-state index in [2.05, 4.69) is 16.1 Å². The maximum Gasteiger partial charge on any atom is 0.335 e. The second-order valence-corrected chi connectivity index (χ2v) is 1.84. The van der Waals surface area contributed by atoms with E-state index in [1.54, 1.807) is 6.07 Å². The van der Waals surface area contributed by atoms with E-state index in [1.165, 1.54) is 6.92 Å². The fourth-order valence-electron chi connectivity index (χ4n) is 0.306. The van der Waals surface area contributed by atoms with Crippen molar-refractivity contribution in [2.45, 2.75) is 6.92 Å². The van der Waals surface area contributed by atoms with Gasteiger partial charge in [0, 0.05) is 5.57 Å². The van der Waals surface area contributed by atoms with Gasteiger partial charge in [-0.25, -0.2) is 4.79 Å². The summed E-state index contributed by atoms with van der Waals surface area (Å²) in [4.78, 5) is 10.6. The van der Waals surface area contributed by atoms with Crippen LogP contribution in [-0.2, 0) is 14.3 Å². The number of carbonyl (C=O) groups excluding carboxylic acids is 1. The number of rotatable bonds is 4. The molecule has 0 saturated carbocycles. The summed E-state index contributed by atoms with van der Waals surface area (Å²) in [7, 11) is 0. The molecule has 4 nitrogen and oxygen atoms in total. The Balaban J connectivity index is 3.34. The summed E-state index contributed by atoms with van der Waals surface area (Å²) in [6.45, 7) is 4.62. The van der Waals surface area contributed by atoms with Gasteiger partial charge in [0.1, 0.15) is 6.61 Å². The van der Waals surface area contributed by atoms with E-state index in [-0.39, 0.29) is 13.4 Å². The van der Waals surface area contributed by atoms with E-state index < -0.39 is 5.97 Å². The highest BCUT2D eigenvalue weighted by atomic mass is 16.7. The van der Waals surface area contributed by atoms with Crippen molar-refractivity contribution in [3.8, 4) is 6.07 Å². The molecule has 60 valence electrons. The minimum absolute atomic E-state index is 0.0799. The van der Waals surface area contributed by atoms with Gasteiger partial charge in [0.2, 0.25) is 0 Å². The number of esters is 1. The van der Waals surface area contributed by atoms with Crippen LogP contribution in [0.2, 0.25) is 0 Å². The predicted octanol–water partition coefficient (Wildman–Crippen LogP) is 0.603. The molecule has 4 heteroatoms. The molecule has 11 heavy (non-hydrogen) atoms. The molecule has 0 aromatic carbocycles. The van der Waals surface area contributed by atoms with Crippen LogP contribution in [0.3, 0.4) is 0 Å². The fraction of sp³-hybridized carbons (Fsp3) is 0.429. The normalized spacial score (nSPS) is 8.36. The zero-order valence-electron chi connectivity index (χ0n) is 6.29. The van der Waals surface area contributed by atoms with Gasteiger partial charge in [0.25, 0.3) is 0 Å². The zero-order valence-corrected chi connectivity index (χ0v) is 6.29. The third-order valence-corrected chi connectivity index (χ3v) is 0.788. The Morgan fingerprint density at radius 1 is 1.73 bits per heavy atom. The maximum absolute atomic E-state index is 10.6. The van der Waals surface area contributed by atoms with Crippen molar-refractivity contribution in [1.29, 1.82) is 5.26 Å². The molecule has 0 saturated heterocycles. The Hall–Kier alpha value is -1.34. The Morgan fingerprint density at radius 2 is 2.36 bits per heavy atom. The van der Waals surface area contributed by atoms with Crippen molar-refractivity contribution in [3.05, 3.63) is 12.2 Å². The Kier molecular flexibility index (Phi) is 4.78. The van der Waals surface area contributed by atoms with Crippen molar-refractivity contribution in [2.24, 2.45) is 0 Å². The van der Waals surface area contributed by atoms with Gasteiger partial charge in [0.15, 0.2) is 6.79 Å². The van der Waals surface area contributed by atoms with Gasteiger partial charge in [0.05, 0.1) is 6.07 Å². The molecule has 0 unspecified atom stereocenters. The lowest BCUT2D eigenvalue weighted by molar-refractivity contribution is -0.150. The summed E-state index contributed by atoms with van der Waals surface area (Å²) < 4.78 is 9.05. The van der Waals surface area contributed by atoms with E-state index in [1.807, 2.05) is 0 Å². The van der Waals surface area contributed by atoms with Crippen LogP contribution in [0.5, 0.6) is 0 Å². The molecule has 0 aliphatic rings. The number of nitrogens with zero attached hydrogens (tertiary/aromatic N) is 1. The number of hydrogen-bond donors (Lipinski definition) is 0. The van der Waals surface area contributed by atoms with Crippen molar-refractivity contribution in [2.75, 3.05) is 13.4 Å². The van der Waals surface area contributed by atoms with Gasteiger partial charge >= 0.3 is 5.97 Å². The summed E-state index contributed by atoms with van der Waals surface area (Å²) in [5.74, 6) is -0.511. The summed E-state index contributed by atoms with van der Waals surface area (Å²) >= 11 is 0. The molecule has 0 radical (unpaired) electrons. The smallest absolute Gasteiger partial charge is 0.335 e. The summed E-state index contributed by atoms with van der Waals surface area (Å²) in [5, 5.41) is 8.01. The first-order chi connectivity index (χ1) is 5.18. The highest BCUT2D eigenvalue weighted by Gasteiger charge is 2.00. The van der Waals surface area contributed by atoms with Crippen molar-refractivity contribution >= 4 is 5.97 Å². The Labute approximate surface area is 65.0 Å². The quantitative estimate of drug-likeness (QED) is 0.258. The molecule has 0 amide bonds. The highest BCUT2D eigenvalue weighted by Crippen LogP contribution is 1.91. The lowest BCUT2D eigenvalue weighted by Crippen LogP contribution is -2.08. The van der Waals surface area contributed by atoms with Crippen LogP contribution in [0.15, 0.2) is 12.2 Å². The van der Waals surface area contributed by atoms with Crippen LogP contribution >= 0.6 is 0 Å². The van der Waals surface area contributed by atoms with Crippen LogP contribution in [0.1, 0.15) is 6.92 Å². The maximum atomic E-state index is 10.6. The fourth-order valence-corrected chi connectivity index (χ4v) is 0.306. The molecule has 0 rings (SSSR count). The van der Waals surface area contributed by atoms with E-state index >= 15 is 0 Å². The monoisotopic (exact) mass is 155 g/mol. The number of carbonyl (C=O) groups is 1. The highest BCUT2D eigenvalue weighted by molar-refractivity contribution is 5.86. The summed E-state index contributed by atoms with van der Waals surface area (Å²) in [6.07, 6.45) is 0. The molecule has 0 aromatic rings. The molecule has 0 aliphatic heterocycles. The van der Waals surface area contributed by atoms with E-state index in [0.29, 0.717) is 5.57 Å². The lowest BCUT2D eigenvalue weighted by atomic mass is 10.4. The van der Waals surface area contributed by atoms with Gasteiger partial charge in [-0.1, -0.05) is 6.58 Å². The average Bonchev–Trinajstić information content (AvgIpc) is 1.97. The van der Waals surface area contributed by atoms with Crippen LogP contribution in [0.25, 0.3) is 0 Å². The number of nitriles is 1. The molecule has 0 fully saturated rings. The molecule has 0 aromatic heterocycles. The molecular weight excluding hydrogens is 146 g/mol. The first-order valence-corrected chi connectivity index (χ1v) is 2.95. The van der Waals surface area contributed by atoms with Gasteiger partial charge < -0.3 is 9.47 Å². The first kappa shape index (κ1) is 9.66. The van der Waals surface area contributed by atoms with Gasteiger partial charge in [-0.2, -0.15) is 5.26 Å². The molecular formula is C7H9NO3. The number of hydrogen-bond acceptors (Lipinski definition) is 4. The van der Waals surface area contributed by atoms with Crippen LogP contribution in [-0.4, -0.2) is 19.4 Å². The third kappa shape index (κ3) is 5.12. The van der Waals surface area contributed by atoms with Gasteiger partial charge in [-0.15, -0.1) is 0 Å². The average molecular weight is 155 g/mol. The standard InChI is InChI=1S/C7H9NO3/c1-6(2)7(9)11-5-10-4-3-8/h1,4-5H2,2H3. The topological polar surface area (TPSA) is 59.3 Å². The Bertz CT molecular complexity index is 192. The van der Waals surface area contributed by atoms with Gasteiger partial charge in [-0.3, -0.25) is 0 Å². The van der Waals surface area contributed by atoms with E-state index in [9.17, 15) is 4.79 Å². The summed E-state index contributed by atoms with van der Waals surface area (Å²) in [5.41, 5.74) is 0.311. The minimum atomic E-state index is -0.511. The molecule has 0 heterocycles. The lowest BCUT2D eigenvalue weighted by Gasteiger charge is -2.01. The molecule has 0 spiro atoms. The third-order valence-electron chi connectivity index (χ3n) is 0.788. The summed E-state index contributed by atoms with van der Waals surface area (Å²) in [6, 6.07) is 1.73. The largest absolute Gasteiger partial charge is 0.435 e. The van der Waals surface area contributed by atoms with Crippen molar-refractivity contribution < 1.29 is 14.3 Å². The molecule has 0 N–H and O–H groups in total. The zero-order chi connectivity index (χ0) is 8.69. The van der Waals surface area contributed by atoms with E-state index in [0.717, 1.165) is 0 Å². The van der Waals surface area contributed by atoms with Crippen LogP contribution in [0.4, 0.5) is 0 Å². The number of ether oxygens (including phenoxy) is 2. The first-order valence-electron chi connectivity index (χ1n) is 2.95. The van der Waals surface area contributed by atoms with E-state index in [4.69, 9.17) is 5.26 Å². The molecule has 0 atom stereocenters. The van der Waals surface area contributed by atoms with Crippen LogP contribution in [0, 0.1) is 11.3 Å². The van der Waals surface area contributed by atoms with Gasteiger partial charge in [-0.05, 0) is 6.92 Å². The predicted molar refractivity (Wildman–Crippen MR) is 37.3 cm³/mol. The molecule has 0 bridgehead atoms. The Morgan fingerprint density at radius 3 is 2.82 bits per heavy atom. The SMILES string of the molecule is C=C(C)C(=O)OCOCC#N. The molecule has 0 aliphatic carbocycles. The second kappa shape index (κ2) is 5.45.